The van der Waals surface area contributed by atoms with Crippen LogP contribution in [0.25, 0.3) is 0 Å². The van der Waals surface area contributed by atoms with Crippen molar-refractivity contribution >= 4 is 23.8 Å². The third kappa shape index (κ3) is 4.96. The van der Waals surface area contributed by atoms with Crippen LogP contribution in [0.5, 0.6) is 0 Å². The molecule has 3 aromatic rings. The number of aromatic nitrogens is 1. The highest BCUT2D eigenvalue weighted by Crippen LogP contribution is 2.32. The Morgan fingerprint density at radius 3 is 1.33 bits per heavy atom. The van der Waals surface area contributed by atoms with E-state index in [9.17, 15) is 0 Å². The van der Waals surface area contributed by atoms with E-state index < -0.39 is 0 Å². The summed E-state index contributed by atoms with van der Waals surface area (Å²) in [4.78, 5) is 9.58. The van der Waals surface area contributed by atoms with Crippen LogP contribution in [0.1, 0.15) is 64.1 Å². The monoisotopic (exact) mass is 399 g/mol. The molecule has 156 valence electrons. The van der Waals surface area contributed by atoms with Crippen LogP contribution in [0, 0.1) is 0 Å². The molecule has 0 aliphatic carbocycles. The van der Waals surface area contributed by atoms with Crippen LogP contribution in [0.2, 0.25) is 0 Å². The molecule has 3 rings (SSSR count). The Morgan fingerprint density at radius 1 is 0.600 bits per heavy atom. The molecular formula is C27H33N3. The maximum absolute atomic E-state index is 4.79. The first-order valence-electron chi connectivity index (χ1n) is 10.5. The Kier molecular flexibility index (Phi) is 6.12. The van der Waals surface area contributed by atoms with Gasteiger partial charge in [0.1, 0.15) is 0 Å². The minimum atomic E-state index is 0.0560. The molecule has 1 heterocycles. The first kappa shape index (κ1) is 21.8. The topological polar surface area (TPSA) is 29.6 Å². The van der Waals surface area contributed by atoms with Gasteiger partial charge in [-0.2, -0.15) is 0 Å². The van der Waals surface area contributed by atoms with Crippen molar-refractivity contribution in [2.24, 2.45) is 17.0 Å². The van der Waals surface area contributed by atoms with Gasteiger partial charge in [0.05, 0.1) is 35.2 Å². The predicted molar refractivity (Wildman–Crippen MR) is 130 cm³/mol. The summed E-state index contributed by atoms with van der Waals surface area (Å²) < 4.78 is 2.12. The number of aliphatic imine (C=N–C) groups is 2. The average Bonchev–Trinajstić information content (AvgIpc) is 3.03. The maximum Gasteiger partial charge on any atom is 0.0667 e. The van der Waals surface area contributed by atoms with E-state index in [1.807, 2.05) is 31.6 Å². The molecule has 0 N–H and O–H groups in total. The molecule has 1 aromatic heterocycles. The first-order chi connectivity index (χ1) is 14.1. The zero-order valence-corrected chi connectivity index (χ0v) is 19.3. The van der Waals surface area contributed by atoms with Crippen molar-refractivity contribution < 1.29 is 0 Å². The molecular weight excluding hydrogens is 366 g/mol. The van der Waals surface area contributed by atoms with E-state index >= 15 is 0 Å². The first-order valence-corrected chi connectivity index (χ1v) is 10.5. The van der Waals surface area contributed by atoms with E-state index in [4.69, 9.17) is 9.98 Å². The summed E-state index contributed by atoms with van der Waals surface area (Å²) in [5.41, 5.74) is 6.72. The van der Waals surface area contributed by atoms with Gasteiger partial charge in [-0.1, -0.05) is 77.9 Å². The van der Waals surface area contributed by atoms with E-state index in [1.54, 1.807) is 0 Å². The van der Waals surface area contributed by atoms with Gasteiger partial charge in [0.25, 0.3) is 0 Å². The van der Waals surface area contributed by atoms with Crippen molar-refractivity contribution in [3.05, 3.63) is 83.2 Å². The standard InChI is InChI=1S/C27H33N3/c1-26(2,3)22-12-8-10-14-24(22)28-18-20-16-17-21(30(20)7)19-29-25-15-11-9-13-23(25)27(4,5)6/h8-19H,1-7H3. The molecule has 0 unspecified atom stereocenters. The number of para-hydroxylation sites is 2. The largest absolute Gasteiger partial charge is 0.342 e. The summed E-state index contributed by atoms with van der Waals surface area (Å²) in [5, 5.41) is 0. The Balaban J connectivity index is 1.87. The summed E-state index contributed by atoms with van der Waals surface area (Å²) >= 11 is 0. The molecule has 0 fully saturated rings. The molecule has 0 saturated carbocycles. The van der Waals surface area contributed by atoms with E-state index in [1.165, 1.54) is 11.1 Å². The number of nitrogens with zero attached hydrogens (tertiary/aromatic N) is 3. The molecule has 0 aliphatic heterocycles. The van der Waals surface area contributed by atoms with Crippen molar-refractivity contribution in [2.75, 3.05) is 0 Å². The summed E-state index contributed by atoms with van der Waals surface area (Å²) in [6, 6.07) is 20.9. The second-order valence-corrected chi connectivity index (χ2v) is 9.79. The van der Waals surface area contributed by atoms with Crippen LogP contribution in [-0.4, -0.2) is 17.0 Å². The third-order valence-corrected chi connectivity index (χ3v) is 5.30. The van der Waals surface area contributed by atoms with Crippen molar-refractivity contribution in [2.45, 2.75) is 52.4 Å². The minimum Gasteiger partial charge on any atom is -0.342 e. The zero-order valence-electron chi connectivity index (χ0n) is 19.3. The smallest absolute Gasteiger partial charge is 0.0667 e. The molecule has 0 amide bonds. The zero-order chi connectivity index (χ0) is 21.9. The molecule has 0 spiro atoms. The fourth-order valence-corrected chi connectivity index (χ4v) is 3.51. The lowest BCUT2D eigenvalue weighted by atomic mass is 9.86. The summed E-state index contributed by atoms with van der Waals surface area (Å²) in [6.45, 7) is 13.3. The number of rotatable bonds is 4. The number of hydrogen-bond donors (Lipinski definition) is 0. The lowest BCUT2D eigenvalue weighted by Crippen LogP contribution is -2.11. The highest BCUT2D eigenvalue weighted by atomic mass is 15.0. The van der Waals surface area contributed by atoms with Gasteiger partial charge in [0, 0.05) is 7.05 Å². The lowest BCUT2D eigenvalue weighted by Gasteiger charge is -2.20. The van der Waals surface area contributed by atoms with Gasteiger partial charge in [0.2, 0.25) is 0 Å². The summed E-state index contributed by atoms with van der Waals surface area (Å²) in [6.07, 6.45) is 3.87. The highest BCUT2D eigenvalue weighted by Gasteiger charge is 2.18. The van der Waals surface area contributed by atoms with E-state index in [-0.39, 0.29) is 10.8 Å². The van der Waals surface area contributed by atoms with E-state index in [2.05, 4.69) is 94.6 Å². The predicted octanol–water partition coefficient (Wildman–Crippen LogP) is 7.12. The van der Waals surface area contributed by atoms with Crippen LogP contribution in [0.15, 0.2) is 70.6 Å². The molecule has 2 aromatic carbocycles. The normalized spacial score (nSPS) is 12.9. The Hall–Kier alpha value is -2.94. The average molecular weight is 400 g/mol. The van der Waals surface area contributed by atoms with Crippen LogP contribution in [0.4, 0.5) is 11.4 Å². The number of benzene rings is 2. The second-order valence-electron chi connectivity index (χ2n) is 9.79. The van der Waals surface area contributed by atoms with Gasteiger partial charge in [0.15, 0.2) is 0 Å². The molecule has 0 radical (unpaired) electrons. The van der Waals surface area contributed by atoms with Crippen LogP contribution >= 0.6 is 0 Å². The van der Waals surface area contributed by atoms with Gasteiger partial charge in [-0.3, -0.25) is 9.98 Å². The highest BCUT2D eigenvalue weighted by molar-refractivity contribution is 5.86. The minimum absolute atomic E-state index is 0.0560. The van der Waals surface area contributed by atoms with Gasteiger partial charge in [-0.15, -0.1) is 0 Å². The van der Waals surface area contributed by atoms with Crippen molar-refractivity contribution in [1.82, 2.24) is 4.57 Å². The van der Waals surface area contributed by atoms with Crippen LogP contribution in [-0.2, 0) is 17.9 Å². The van der Waals surface area contributed by atoms with Crippen LogP contribution in [0.3, 0.4) is 0 Å². The van der Waals surface area contributed by atoms with E-state index in [0.717, 1.165) is 22.8 Å². The summed E-state index contributed by atoms with van der Waals surface area (Å²) in [5.74, 6) is 0. The van der Waals surface area contributed by atoms with Crippen molar-refractivity contribution in [3.63, 3.8) is 0 Å². The molecule has 30 heavy (non-hydrogen) atoms. The van der Waals surface area contributed by atoms with Crippen molar-refractivity contribution in [1.29, 1.82) is 0 Å². The fraction of sp³-hybridized carbons (Fsp3) is 0.333. The van der Waals surface area contributed by atoms with Crippen LogP contribution < -0.4 is 0 Å². The van der Waals surface area contributed by atoms with Gasteiger partial charge < -0.3 is 4.57 Å². The summed E-state index contributed by atoms with van der Waals surface area (Å²) in [7, 11) is 2.05. The maximum atomic E-state index is 4.79. The van der Waals surface area contributed by atoms with E-state index in [0.29, 0.717) is 0 Å². The SMILES string of the molecule is Cn1c(C=Nc2ccccc2C(C)(C)C)ccc1C=Nc1ccccc1C(C)(C)C. The van der Waals surface area contributed by atoms with Crippen molar-refractivity contribution in [3.8, 4) is 0 Å². The second kappa shape index (κ2) is 8.43. The molecule has 3 heteroatoms. The van der Waals surface area contributed by atoms with Gasteiger partial charge in [-0.25, -0.2) is 0 Å². The van der Waals surface area contributed by atoms with Gasteiger partial charge >= 0.3 is 0 Å². The Morgan fingerprint density at radius 2 is 0.967 bits per heavy atom. The lowest BCUT2D eigenvalue weighted by molar-refractivity contribution is 0.591. The quantitative estimate of drug-likeness (QED) is 0.418. The van der Waals surface area contributed by atoms with Gasteiger partial charge in [-0.05, 0) is 46.2 Å². The molecule has 0 aliphatic rings. The third-order valence-electron chi connectivity index (χ3n) is 5.30. The fourth-order valence-electron chi connectivity index (χ4n) is 3.51. The molecule has 0 atom stereocenters. The Labute approximate surface area is 181 Å². The molecule has 0 saturated heterocycles. The number of hydrogen-bond acceptors (Lipinski definition) is 2. The molecule has 0 bridgehead atoms. The Bertz CT molecular complexity index is 985. The molecule has 3 nitrogen and oxygen atoms in total.